The summed E-state index contributed by atoms with van der Waals surface area (Å²) in [7, 11) is 0. The van der Waals surface area contributed by atoms with Crippen LogP contribution in [0.1, 0.15) is 77.0 Å². The highest BCUT2D eigenvalue weighted by molar-refractivity contribution is 9.09. The normalized spacial score (nSPS) is 10.4. The van der Waals surface area contributed by atoms with Gasteiger partial charge in [0.15, 0.2) is 0 Å². The lowest BCUT2D eigenvalue weighted by molar-refractivity contribution is -0.144. The summed E-state index contributed by atoms with van der Waals surface area (Å²) in [6.07, 6.45) is 17.6. The molecule has 0 aromatic heterocycles. The average Bonchev–Trinajstić information content (AvgIpc) is 2.55. The van der Waals surface area contributed by atoms with Crippen molar-refractivity contribution >= 4 is 21.9 Å². The summed E-state index contributed by atoms with van der Waals surface area (Å²) in [4.78, 5) is 11.5. The van der Waals surface area contributed by atoms with Gasteiger partial charge in [-0.25, -0.2) is 0 Å². The van der Waals surface area contributed by atoms with Crippen LogP contribution in [0.25, 0.3) is 0 Å². The smallest absolute Gasteiger partial charge is 0.305 e. The van der Waals surface area contributed by atoms with E-state index in [1.165, 1.54) is 32.1 Å². The largest absolute Gasteiger partial charge is 0.466 e. The van der Waals surface area contributed by atoms with Crippen molar-refractivity contribution in [2.45, 2.75) is 77.0 Å². The van der Waals surface area contributed by atoms with Crippen LogP contribution in [0.3, 0.4) is 0 Å². The van der Waals surface area contributed by atoms with Gasteiger partial charge in [-0.1, -0.05) is 48.0 Å². The number of carbonyl (C=O) groups is 1. The van der Waals surface area contributed by atoms with Gasteiger partial charge in [0.2, 0.25) is 0 Å². The van der Waals surface area contributed by atoms with Gasteiger partial charge in [0.1, 0.15) is 0 Å². The zero-order valence-corrected chi connectivity index (χ0v) is 16.1. The van der Waals surface area contributed by atoms with Gasteiger partial charge in [-0.3, -0.25) is 4.79 Å². The van der Waals surface area contributed by atoms with Crippen molar-refractivity contribution in [1.82, 2.24) is 0 Å². The Balaban J connectivity index is 3.14. The Morgan fingerprint density at radius 2 is 1.43 bits per heavy atom. The van der Waals surface area contributed by atoms with Crippen molar-refractivity contribution in [3.05, 3.63) is 0 Å². The van der Waals surface area contributed by atoms with Gasteiger partial charge in [0.25, 0.3) is 0 Å². The van der Waals surface area contributed by atoms with E-state index in [0.717, 1.165) is 50.5 Å². The van der Waals surface area contributed by atoms with Gasteiger partial charge in [0, 0.05) is 31.4 Å². The molecule has 0 radical (unpaired) electrons. The van der Waals surface area contributed by atoms with E-state index in [1.54, 1.807) is 0 Å². The lowest BCUT2D eigenvalue weighted by Gasteiger charge is -2.06. The maximum absolute atomic E-state index is 11.5. The molecule has 0 aliphatic rings. The maximum Gasteiger partial charge on any atom is 0.305 e. The monoisotopic (exact) mass is 388 g/mol. The number of terminal acetylenes is 1. The fourth-order valence-corrected chi connectivity index (χ4v) is 2.59. The third kappa shape index (κ3) is 19.4. The Kier molecular flexibility index (Phi) is 19.1. The standard InChI is InChI=1S/C19H33BrO3/c1-2-3-4-5-8-11-16-22-17-13-14-19(21)23-18-12-9-6-7-10-15-20/h1H,3-18H2. The van der Waals surface area contributed by atoms with Gasteiger partial charge in [-0.15, -0.1) is 12.3 Å². The van der Waals surface area contributed by atoms with Crippen LogP contribution in [0.15, 0.2) is 0 Å². The average molecular weight is 389 g/mol. The number of halogens is 1. The van der Waals surface area contributed by atoms with Crippen LogP contribution in [-0.4, -0.2) is 31.1 Å². The fraction of sp³-hybridized carbons (Fsp3) is 0.842. The molecular weight excluding hydrogens is 356 g/mol. The quantitative estimate of drug-likeness (QED) is 0.147. The van der Waals surface area contributed by atoms with Crippen LogP contribution in [-0.2, 0) is 14.3 Å². The third-order valence-electron chi connectivity index (χ3n) is 3.57. The molecule has 0 amide bonds. The molecule has 0 spiro atoms. The van der Waals surface area contributed by atoms with Crippen molar-refractivity contribution in [2.24, 2.45) is 0 Å². The van der Waals surface area contributed by atoms with Gasteiger partial charge >= 0.3 is 5.97 Å². The number of ether oxygens (including phenoxy) is 2. The van der Waals surface area contributed by atoms with E-state index in [2.05, 4.69) is 21.9 Å². The summed E-state index contributed by atoms with van der Waals surface area (Å²) in [5, 5.41) is 1.08. The van der Waals surface area contributed by atoms with Crippen molar-refractivity contribution in [3.8, 4) is 12.3 Å². The highest BCUT2D eigenvalue weighted by Crippen LogP contribution is 2.05. The Hall–Kier alpha value is -0.530. The molecule has 0 rings (SSSR count). The maximum atomic E-state index is 11.5. The topological polar surface area (TPSA) is 35.5 Å². The first-order valence-corrected chi connectivity index (χ1v) is 10.2. The van der Waals surface area contributed by atoms with E-state index in [0.29, 0.717) is 19.6 Å². The predicted octanol–water partition coefficient (Wildman–Crippen LogP) is 5.26. The molecule has 0 fully saturated rings. The summed E-state index contributed by atoms with van der Waals surface area (Å²) < 4.78 is 10.7. The molecule has 0 aliphatic heterocycles. The van der Waals surface area contributed by atoms with Crippen LogP contribution in [0.4, 0.5) is 0 Å². The van der Waals surface area contributed by atoms with E-state index in [1.807, 2.05) is 0 Å². The lowest BCUT2D eigenvalue weighted by Crippen LogP contribution is -2.07. The molecule has 0 aromatic rings. The first kappa shape index (κ1) is 22.5. The third-order valence-corrected chi connectivity index (χ3v) is 4.13. The first-order chi connectivity index (χ1) is 11.3. The number of alkyl halides is 1. The van der Waals surface area contributed by atoms with Crippen molar-refractivity contribution in [1.29, 1.82) is 0 Å². The molecule has 0 saturated heterocycles. The number of hydrogen-bond acceptors (Lipinski definition) is 3. The molecule has 0 bridgehead atoms. The van der Waals surface area contributed by atoms with Crippen LogP contribution in [0, 0.1) is 12.3 Å². The predicted molar refractivity (Wildman–Crippen MR) is 99.8 cm³/mol. The molecule has 0 unspecified atom stereocenters. The van der Waals surface area contributed by atoms with E-state index in [-0.39, 0.29) is 5.97 Å². The van der Waals surface area contributed by atoms with E-state index in [4.69, 9.17) is 15.9 Å². The van der Waals surface area contributed by atoms with Crippen molar-refractivity contribution < 1.29 is 14.3 Å². The number of hydrogen-bond donors (Lipinski definition) is 0. The molecular formula is C19H33BrO3. The Labute approximate surface area is 151 Å². The summed E-state index contributed by atoms with van der Waals surface area (Å²) >= 11 is 3.42. The molecule has 0 heterocycles. The molecule has 0 aromatic carbocycles. The Morgan fingerprint density at radius 1 is 0.826 bits per heavy atom. The molecule has 4 heteroatoms. The molecule has 23 heavy (non-hydrogen) atoms. The van der Waals surface area contributed by atoms with Crippen LogP contribution >= 0.6 is 15.9 Å². The van der Waals surface area contributed by atoms with Gasteiger partial charge in [-0.05, 0) is 32.1 Å². The summed E-state index contributed by atoms with van der Waals surface area (Å²) in [5.74, 6) is 2.56. The molecule has 0 saturated carbocycles. The second kappa shape index (κ2) is 19.5. The fourth-order valence-electron chi connectivity index (χ4n) is 2.19. The minimum Gasteiger partial charge on any atom is -0.466 e. The van der Waals surface area contributed by atoms with Gasteiger partial charge < -0.3 is 9.47 Å². The van der Waals surface area contributed by atoms with Crippen LogP contribution < -0.4 is 0 Å². The SMILES string of the molecule is C#CCCCCCCOCCCC(=O)OCCCCCCCBr. The molecule has 0 aliphatic carbocycles. The molecule has 0 atom stereocenters. The van der Waals surface area contributed by atoms with Gasteiger partial charge in [-0.2, -0.15) is 0 Å². The Bertz CT molecular complexity index is 299. The zero-order chi connectivity index (χ0) is 17.0. The lowest BCUT2D eigenvalue weighted by atomic mass is 10.1. The zero-order valence-electron chi connectivity index (χ0n) is 14.5. The summed E-state index contributed by atoms with van der Waals surface area (Å²) in [5.41, 5.74) is 0. The second-order valence-corrected chi connectivity index (χ2v) is 6.55. The number of unbranched alkanes of at least 4 members (excludes halogenated alkanes) is 8. The molecule has 0 N–H and O–H groups in total. The minimum atomic E-state index is -0.0941. The Morgan fingerprint density at radius 3 is 2.17 bits per heavy atom. The van der Waals surface area contributed by atoms with Crippen molar-refractivity contribution in [2.75, 3.05) is 25.2 Å². The van der Waals surface area contributed by atoms with Gasteiger partial charge in [0.05, 0.1) is 6.61 Å². The number of carbonyl (C=O) groups excluding carboxylic acids is 1. The highest BCUT2D eigenvalue weighted by Gasteiger charge is 2.02. The van der Waals surface area contributed by atoms with E-state index < -0.39 is 0 Å². The number of esters is 1. The minimum absolute atomic E-state index is 0.0941. The summed E-state index contributed by atoms with van der Waals surface area (Å²) in [6, 6.07) is 0. The summed E-state index contributed by atoms with van der Waals surface area (Å²) in [6.45, 7) is 1.98. The first-order valence-electron chi connectivity index (χ1n) is 9.04. The second-order valence-electron chi connectivity index (χ2n) is 5.76. The van der Waals surface area contributed by atoms with Crippen LogP contribution in [0.5, 0.6) is 0 Å². The molecule has 134 valence electrons. The molecule has 3 nitrogen and oxygen atoms in total. The highest BCUT2D eigenvalue weighted by atomic mass is 79.9. The number of rotatable bonds is 17. The van der Waals surface area contributed by atoms with Crippen LogP contribution in [0.2, 0.25) is 0 Å². The van der Waals surface area contributed by atoms with E-state index >= 15 is 0 Å². The van der Waals surface area contributed by atoms with E-state index in [9.17, 15) is 4.79 Å². The van der Waals surface area contributed by atoms with Crippen molar-refractivity contribution in [3.63, 3.8) is 0 Å².